The van der Waals surface area contributed by atoms with Crippen molar-refractivity contribution in [1.29, 1.82) is 0 Å². The van der Waals surface area contributed by atoms with Crippen LogP contribution in [0.2, 0.25) is 0 Å². The van der Waals surface area contributed by atoms with Gasteiger partial charge in [0.2, 0.25) is 0 Å². The number of rotatable bonds is 7. The molecule has 0 fully saturated rings. The molecule has 2 aromatic rings. The molecule has 140 valence electrons. The number of esters is 1. The SMILES string of the molecule is CC(=O)c1ccc(OC(=O)CS(=O)c2ccc([N+](=O)[O-])cc2[N+](=O)[O-])cc1. The Morgan fingerprint density at radius 2 is 1.67 bits per heavy atom. The smallest absolute Gasteiger partial charge is 0.324 e. The van der Waals surface area contributed by atoms with E-state index >= 15 is 0 Å². The fourth-order valence-corrected chi connectivity index (χ4v) is 3.07. The van der Waals surface area contributed by atoms with Crippen LogP contribution in [0.25, 0.3) is 0 Å². The van der Waals surface area contributed by atoms with Crippen molar-refractivity contribution in [3.63, 3.8) is 0 Å². The Hall–Kier alpha value is -3.47. The minimum Gasteiger partial charge on any atom is -0.426 e. The summed E-state index contributed by atoms with van der Waals surface area (Å²) in [7, 11) is -2.15. The van der Waals surface area contributed by atoms with Crippen molar-refractivity contribution < 1.29 is 28.4 Å². The van der Waals surface area contributed by atoms with E-state index in [0.29, 0.717) is 11.6 Å². The number of hydrogen-bond donors (Lipinski definition) is 0. The molecule has 0 amide bonds. The number of Topliss-reactive ketones (excluding diaryl/α,β-unsaturated/α-hetero) is 1. The van der Waals surface area contributed by atoms with Crippen molar-refractivity contribution >= 4 is 33.9 Å². The molecule has 1 unspecified atom stereocenters. The molecule has 0 heterocycles. The zero-order valence-electron chi connectivity index (χ0n) is 13.8. The van der Waals surface area contributed by atoms with E-state index in [1.54, 1.807) is 0 Å². The van der Waals surface area contributed by atoms with Crippen LogP contribution in [0.3, 0.4) is 0 Å². The largest absolute Gasteiger partial charge is 0.426 e. The van der Waals surface area contributed by atoms with Crippen molar-refractivity contribution in [2.45, 2.75) is 11.8 Å². The fraction of sp³-hybridized carbons (Fsp3) is 0.125. The molecule has 0 aliphatic rings. The zero-order valence-corrected chi connectivity index (χ0v) is 14.6. The molecule has 0 aromatic heterocycles. The first-order chi connectivity index (χ1) is 12.7. The number of hydrogen-bond acceptors (Lipinski definition) is 8. The van der Waals surface area contributed by atoms with Crippen molar-refractivity contribution in [2.24, 2.45) is 0 Å². The van der Waals surface area contributed by atoms with Crippen LogP contribution in [0.15, 0.2) is 47.4 Å². The van der Waals surface area contributed by atoms with Crippen LogP contribution in [0, 0.1) is 20.2 Å². The van der Waals surface area contributed by atoms with Crippen LogP contribution in [0.5, 0.6) is 5.75 Å². The lowest BCUT2D eigenvalue weighted by Gasteiger charge is -2.06. The molecule has 0 saturated carbocycles. The normalized spacial score (nSPS) is 11.4. The van der Waals surface area contributed by atoms with Gasteiger partial charge in [0.1, 0.15) is 16.4 Å². The molecule has 0 spiro atoms. The van der Waals surface area contributed by atoms with E-state index in [4.69, 9.17) is 4.74 Å². The van der Waals surface area contributed by atoms with Gasteiger partial charge in [0, 0.05) is 11.6 Å². The molecule has 0 saturated heterocycles. The molecule has 10 nitrogen and oxygen atoms in total. The second kappa shape index (κ2) is 8.27. The average Bonchev–Trinajstić information content (AvgIpc) is 2.61. The molecule has 2 rings (SSSR count). The summed E-state index contributed by atoms with van der Waals surface area (Å²) >= 11 is 0. The number of nitro groups is 2. The number of nitro benzene ring substituents is 2. The van der Waals surface area contributed by atoms with Gasteiger partial charge in [0.25, 0.3) is 11.4 Å². The van der Waals surface area contributed by atoms with Gasteiger partial charge < -0.3 is 4.74 Å². The zero-order chi connectivity index (χ0) is 20.1. The van der Waals surface area contributed by atoms with Crippen molar-refractivity contribution in [1.82, 2.24) is 0 Å². The molecule has 11 heteroatoms. The van der Waals surface area contributed by atoms with Gasteiger partial charge in [-0.3, -0.25) is 34.0 Å². The molecule has 2 aromatic carbocycles. The van der Waals surface area contributed by atoms with Crippen LogP contribution >= 0.6 is 0 Å². The second-order valence-corrected chi connectivity index (χ2v) is 6.63. The van der Waals surface area contributed by atoms with Gasteiger partial charge in [-0.1, -0.05) is 0 Å². The number of nitrogens with zero attached hydrogens (tertiary/aromatic N) is 2. The van der Waals surface area contributed by atoms with Crippen LogP contribution in [0.1, 0.15) is 17.3 Å². The number of non-ortho nitro benzene ring substituents is 1. The Morgan fingerprint density at radius 3 is 2.19 bits per heavy atom. The summed E-state index contributed by atoms with van der Waals surface area (Å²) in [5.74, 6) is -1.66. The number of ketones is 1. The van der Waals surface area contributed by atoms with Crippen LogP contribution < -0.4 is 4.74 Å². The highest BCUT2D eigenvalue weighted by Crippen LogP contribution is 2.27. The third-order valence-corrected chi connectivity index (χ3v) is 4.67. The van der Waals surface area contributed by atoms with Gasteiger partial charge in [0.05, 0.1) is 26.7 Å². The van der Waals surface area contributed by atoms with E-state index in [9.17, 15) is 34.0 Å². The van der Waals surface area contributed by atoms with E-state index in [1.165, 1.54) is 31.2 Å². The third-order valence-electron chi connectivity index (χ3n) is 3.34. The van der Waals surface area contributed by atoms with Gasteiger partial charge in [0.15, 0.2) is 5.78 Å². The highest BCUT2D eigenvalue weighted by atomic mass is 32.2. The Kier molecular flexibility index (Phi) is 6.08. The van der Waals surface area contributed by atoms with E-state index in [0.717, 1.165) is 12.1 Å². The average molecular weight is 392 g/mol. The summed E-state index contributed by atoms with van der Waals surface area (Å²) in [6, 6.07) is 8.27. The summed E-state index contributed by atoms with van der Waals surface area (Å²) in [6.07, 6.45) is 0. The lowest BCUT2D eigenvalue weighted by molar-refractivity contribution is -0.396. The third kappa shape index (κ3) is 5.01. The molecular weight excluding hydrogens is 380 g/mol. The summed E-state index contributed by atoms with van der Waals surface area (Å²) in [6.45, 7) is 1.38. The van der Waals surface area contributed by atoms with Crippen molar-refractivity contribution in [2.75, 3.05) is 5.75 Å². The Balaban J connectivity index is 2.14. The van der Waals surface area contributed by atoms with Crippen LogP contribution in [-0.4, -0.2) is 31.6 Å². The number of carbonyl (C=O) groups excluding carboxylic acids is 2. The standard InChI is InChI=1S/C16H12N2O8S/c1-10(19)11-2-5-13(6-3-11)26-16(20)9-27(25)15-7-4-12(17(21)22)8-14(15)18(23)24/h2-8H,9H2,1H3. The van der Waals surface area contributed by atoms with Crippen LogP contribution in [0.4, 0.5) is 11.4 Å². The first-order valence-electron chi connectivity index (χ1n) is 7.32. The Labute approximate surface area is 154 Å². The quantitative estimate of drug-likeness (QED) is 0.229. The topological polar surface area (TPSA) is 147 Å². The summed E-state index contributed by atoms with van der Waals surface area (Å²) in [4.78, 5) is 42.8. The monoisotopic (exact) mass is 392 g/mol. The Bertz CT molecular complexity index is 955. The lowest BCUT2D eigenvalue weighted by Crippen LogP contribution is -2.17. The number of carbonyl (C=O) groups is 2. The molecule has 1 atom stereocenters. The maximum absolute atomic E-state index is 12.3. The van der Waals surface area contributed by atoms with Gasteiger partial charge in [-0.15, -0.1) is 0 Å². The van der Waals surface area contributed by atoms with Gasteiger partial charge >= 0.3 is 5.97 Å². The fourth-order valence-electron chi connectivity index (χ4n) is 2.06. The second-order valence-electron chi connectivity index (χ2n) is 5.21. The summed E-state index contributed by atoms with van der Waals surface area (Å²) < 4.78 is 17.3. The van der Waals surface area contributed by atoms with Gasteiger partial charge in [-0.2, -0.15) is 0 Å². The van der Waals surface area contributed by atoms with E-state index in [1.807, 2.05) is 0 Å². The molecule has 0 N–H and O–H groups in total. The minimum atomic E-state index is -2.15. The number of benzene rings is 2. The lowest BCUT2D eigenvalue weighted by atomic mass is 10.1. The van der Waals surface area contributed by atoms with Crippen LogP contribution in [-0.2, 0) is 15.6 Å². The van der Waals surface area contributed by atoms with E-state index in [2.05, 4.69) is 0 Å². The molecular formula is C16H12N2O8S. The van der Waals surface area contributed by atoms with Gasteiger partial charge in [-0.25, -0.2) is 0 Å². The predicted molar refractivity (Wildman–Crippen MR) is 93.1 cm³/mol. The molecule has 0 radical (unpaired) electrons. The Morgan fingerprint density at radius 1 is 1.04 bits per heavy atom. The maximum atomic E-state index is 12.3. The van der Waals surface area contributed by atoms with Crippen molar-refractivity contribution in [3.8, 4) is 5.75 Å². The highest BCUT2D eigenvalue weighted by molar-refractivity contribution is 7.85. The van der Waals surface area contributed by atoms with Gasteiger partial charge in [-0.05, 0) is 37.3 Å². The molecule has 27 heavy (non-hydrogen) atoms. The van der Waals surface area contributed by atoms with E-state index < -0.39 is 43.7 Å². The molecule has 0 aliphatic carbocycles. The molecule has 0 aliphatic heterocycles. The summed E-state index contributed by atoms with van der Waals surface area (Å²) in [5, 5.41) is 21.8. The number of ether oxygens (including phenoxy) is 1. The van der Waals surface area contributed by atoms with Crippen molar-refractivity contribution in [3.05, 3.63) is 68.3 Å². The molecule has 0 bridgehead atoms. The predicted octanol–water partition coefficient (Wildman–Crippen LogP) is 2.42. The minimum absolute atomic E-state index is 0.111. The maximum Gasteiger partial charge on any atom is 0.324 e. The first kappa shape index (κ1) is 19.8. The first-order valence-corrected chi connectivity index (χ1v) is 8.64. The van der Waals surface area contributed by atoms with E-state index in [-0.39, 0.29) is 16.4 Å². The summed E-state index contributed by atoms with van der Waals surface area (Å²) in [5.41, 5.74) is -0.836. The highest BCUT2D eigenvalue weighted by Gasteiger charge is 2.25.